The van der Waals surface area contributed by atoms with Gasteiger partial charge in [-0.2, -0.15) is 0 Å². The Morgan fingerprint density at radius 3 is 2.04 bits per heavy atom. The predicted octanol–water partition coefficient (Wildman–Crippen LogP) is 6.93. The molecule has 1 heterocycles. The topological polar surface area (TPSA) is 35.5 Å². The zero-order valence-corrected chi connectivity index (χ0v) is 16.5. The van der Waals surface area contributed by atoms with Crippen molar-refractivity contribution in [3.8, 4) is 0 Å². The monoisotopic (exact) mass is 368 g/mol. The fourth-order valence-corrected chi connectivity index (χ4v) is 6.83. The zero-order chi connectivity index (χ0) is 17.9. The Bertz CT molecular complexity index is 959. The summed E-state index contributed by atoms with van der Waals surface area (Å²) in [6, 6.07) is 16.3. The Hall–Kier alpha value is -1.70. The van der Waals surface area contributed by atoms with Crippen molar-refractivity contribution < 1.29 is 12.9 Å². The first-order valence-corrected chi connectivity index (χ1v) is 10.6. The molecule has 3 nitrogen and oxygen atoms in total. The number of hydrogen-bond donors (Lipinski definition) is 0. The van der Waals surface area contributed by atoms with Crippen LogP contribution in [-0.2, 0) is 0 Å². The molecule has 2 saturated carbocycles. The summed E-state index contributed by atoms with van der Waals surface area (Å²) in [4.78, 5) is 0. The molecule has 2 fully saturated rings. The van der Waals surface area contributed by atoms with Gasteiger partial charge in [0.1, 0.15) is 11.2 Å². The Labute approximate surface area is 155 Å². The van der Waals surface area contributed by atoms with E-state index in [1.54, 1.807) is 0 Å². The quantitative estimate of drug-likeness (QED) is 0.492. The van der Waals surface area contributed by atoms with E-state index in [9.17, 15) is 0 Å². The van der Waals surface area contributed by atoms with Crippen molar-refractivity contribution in [3.05, 3.63) is 48.5 Å². The van der Waals surface area contributed by atoms with E-state index in [1.807, 2.05) is 36.4 Å². The van der Waals surface area contributed by atoms with Crippen LogP contribution < -0.4 is 4.52 Å². The summed E-state index contributed by atoms with van der Waals surface area (Å²) in [7, 11) is -1.48. The highest BCUT2D eigenvalue weighted by atomic mass is 31.1. The van der Waals surface area contributed by atoms with Crippen LogP contribution in [0.2, 0.25) is 0 Å². The fraction of sp³-hybridized carbons (Fsp3) is 0.455. The van der Waals surface area contributed by atoms with Crippen LogP contribution in [0, 0.1) is 16.7 Å². The third kappa shape index (κ3) is 2.37. The Morgan fingerprint density at radius 2 is 1.50 bits per heavy atom. The summed E-state index contributed by atoms with van der Waals surface area (Å²) in [5.74, 6) is 0.735. The summed E-state index contributed by atoms with van der Waals surface area (Å²) in [6.07, 6.45) is 3.97. The molecule has 2 bridgehead atoms. The Balaban J connectivity index is 1.68. The molecule has 3 atom stereocenters. The summed E-state index contributed by atoms with van der Waals surface area (Å²) in [6.45, 7) is 7.07. The van der Waals surface area contributed by atoms with Gasteiger partial charge >= 0.3 is 8.24 Å². The van der Waals surface area contributed by atoms with E-state index in [1.165, 1.54) is 19.3 Å². The molecule has 0 aliphatic heterocycles. The van der Waals surface area contributed by atoms with Gasteiger partial charge in [-0.1, -0.05) is 57.2 Å². The van der Waals surface area contributed by atoms with Crippen LogP contribution in [0.1, 0.15) is 40.0 Å². The first kappa shape index (κ1) is 16.5. The first-order valence-electron chi connectivity index (χ1n) is 9.49. The highest BCUT2D eigenvalue weighted by Crippen LogP contribution is 2.64. The molecule has 0 spiro atoms. The summed E-state index contributed by atoms with van der Waals surface area (Å²) in [5.41, 5.74) is 2.08. The van der Waals surface area contributed by atoms with Crippen molar-refractivity contribution in [2.24, 2.45) is 16.7 Å². The van der Waals surface area contributed by atoms with E-state index in [2.05, 4.69) is 32.9 Å². The molecule has 0 radical (unpaired) electrons. The summed E-state index contributed by atoms with van der Waals surface area (Å²) < 4.78 is 19.2. The van der Waals surface area contributed by atoms with Crippen molar-refractivity contribution in [2.45, 2.75) is 46.1 Å². The maximum absolute atomic E-state index is 6.62. The average Bonchev–Trinajstić information content (AvgIpc) is 3.04. The highest BCUT2D eigenvalue weighted by molar-refractivity contribution is 7.31. The van der Waals surface area contributed by atoms with Crippen molar-refractivity contribution in [3.63, 3.8) is 0 Å². The van der Waals surface area contributed by atoms with Gasteiger partial charge in [0.25, 0.3) is 0 Å². The van der Waals surface area contributed by atoms with Crippen LogP contribution in [0.5, 0.6) is 0 Å². The molecule has 0 amide bonds. The van der Waals surface area contributed by atoms with Gasteiger partial charge in [0.15, 0.2) is 0 Å². The molecule has 26 heavy (non-hydrogen) atoms. The third-order valence-electron chi connectivity index (χ3n) is 6.74. The molecule has 136 valence electrons. The van der Waals surface area contributed by atoms with Gasteiger partial charge in [0, 0.05) is 10.8 Å². The van der Waals surface area contributed by atoms with Crippen LogP contribution in [0.25, 0.3) is 21.9 Å². The van der Waals surface area contributed by atoms with Gasteiger partial charge in [0.2, 0.25) is 0 Å². The SMILES string of the molecule is CC12CCC(C1)C(C)(C)C2Op1oc2ccccc2c2ccccc2o1. The molecule has 2 aromatic carbocycles. The molecular formula is C22H25O3P. The fourth-order valence-electron chi connectivity index (χ4n) is 5.37. The van der Waals surface area contributed by atoms with Gasteiger partial charge in [-0.05, 0) is 48.1 Å². The molecule has 2 aliphatic rings. The van der Waals surface area contributed by atoms with Crippen molar-refractivity contribution in [1.82, 2.24) is 0 Å². The van der Waals surface area contributed by atoms with Crippen molar-refractivity contribution >= 4 is 30.2 Å². The largest absolute Gasteiger partial charge is 0.399 e. The molecule has 0 saturated heterocycles. The molecule has 3 aromatic rings. The van der Waals surface area contributed by atoms with Crippen LogP contribution in [-0.4, -0.2) is 6.10 Å². The minimum atomic E-state index is -1.48. The van der Waals surface area contributed by atoms with Crippen LogP contribution >= 0.6 is 8.24 Å². The number of benzene rings is 2. The van der Waals surface area contributed by atoms with Gasteiger partial charge < -0.3 is 8.39 Å². The lowest BCUT2D eigenvalue weighted by Crippen LogP contribution is -2.43. The van der Waals surface area contributed by atoms with Crippen molar-refractivity contribution in [2.75, 3.05) is 0 Å². The number of fused-ring (bicyclic) bond motifs is 5. The number of hydrogen-bond acceptors (Lipinski definition) is 3. The lowest BCUT2D eigenvalue weighted by Gasteiger charge is -2.40. The molecular weight excluding hydrogens is 343 g/mol. The normalized spacial score (nSPS) is 29.5. The second-order valence-electron chi connectivity index (χ2n) is 8.80. The smallest absolute Gasteiger partial charge is 0.387 e. The van der Waals surface area contributed by atoms with Crippen LogP contribution in [0.4, 0.5) is 0 Å². The number of rotatable bonds is 2. The molecule has 0 N–H and O–H groups in total. The molecule has 4 heteroatoms. The second kappa shape index (κ2) is 5.65. The second-order valence-corrected chi connectivity index (χ2v) is 9.82. The molecule has 5 rings (SSSR count). The van der Waals surface area contributed by atoms with Gasteiger partial charge in [-0.15, -0.1) is 0 Å². The standard InChI is InChI=1S/C22H25O3P/c1-21(2)15-12-13-22(3,14-15)20(21)25-26-23-18-10-6-4-8-16(18)17-9-5-7-11-19(17)24-26/h4-11,15,20H,12-14H2,1-3H3. The maximum atomic E-state index is 6.62. The van der Waals surface area contributed by atoms with Gasteiger partial charge in [0.05, 0.1) is 6.10 Å². The average molecular weight is 368 g/mol. The highest BCUT2D eigenvalue weighted by Gasteiger charge is 2.60. The first-order chi connectivity index (χ1) is 12.5. The number of para-hydroxylation sites is 2. The predicted molar refractivity (Wildman–Crippen MR) is 106 cm³/mol. The van der Waals surface area contributed by atoms with E-state index >= 15 is 0 Å². The third-order valence-corrected chi connectivity index (χ3v) is 7.81. The maximum Gasteiger partial charge on any atom is 0.387 e. The zero-order valence-electron chi connectivity index (χ0n) is 15.6. The van der Waals surface area contributed by atoms with E-state index in [-0.39, 0.29) is 16.9 Å². The van der Waals surface area contributed by atoms with E-state index < -0.39 is 8.24 Å². The van der Waals surface area contributed by atoms with E-state index in [4.69, 9.17) is 12.9 Å². The van der Waals surface area contributed by atoms with Crippen molar-refractivity contribution in [1.29, 1.82) is 0 Å². The van der Waals surface area contributed by atoms with E-state index in [0.29, 0.717) is 0 Å². The lowest BCUT2D eigenvalue weighted by molar-refractivity contribution is 0.0123. The van der Waals surface area contributed by atoms with Gasteiger partial charge in [-0.3, -0.25) is 4.52 Å². The lowest BCUT2D eigenvalue weighted by atomic mass is 9.70. The minimum Gasteiger partial charge on any atom is -0.399 e. The molecule has 2 aliphatic carbocycles. The van der Waals surface area contributed by atoms with Crippen LogP contribution in [0.15, 0.2) is 56.9 Å². The minimum absolute atomic E-state index is 0.160. The van der Waals surface area contributed by atoms with Gasteiger partial charge in [-0.25, -0.2) is 0 Å². The molecule has 3 unspecified atom stereocenters. The van der Waals surface area contributed by atoms with E-state index in [0.717, 1.165) is 27.9 Å². The Morgan fingerprint density at radius 1 is 0.923 bits per heavy atom. The van der Waals surface area contributed by atoms with Crippen LogP contribution in [0.3, 0.4) is 0 Å². The molecule has 1 aromatic heterocycles. The summed E-state index contributed by atoms with van der Waals surface area (Å²) >= 11 is 0. The Kier molecular flexibility index (Phi) is 3.58. The summed E-state index contributed by atoms with van der Waals surface area (Å²) in [5, 5.41) is 2.13.